The number of nitrogens with two attached hydrogens (primary N) is 5. The van der Waals surface area contributed by atoms with Gasteiger partial charge >= 0.3 is 5.97 Å². The molecule has 4 heterocycles. The minimum atomic E-state index is -1.73. The molecule has 12 atom stereocenters. The molecule has 106 heavy (non-hydrogen) atoms. The molecule has 1 aromatic rings. The zero-order chi connectivity index (χ0) is 77.8. The number of carboxylic acids is 1. The lowest BCUT2D eigenvalue weighted by molar-refractivity contribution is -0.145. The van der Waals surface area contributed by atoms with Gasteiger partial charge in [0.25, 0.3) is 0 Å². The van der Waals surface area contributed by atoms with E-state index in [1.807, 2.05) is 6.92 Å². The van der Waals surface area contributed by atoms with E-state index in [0.717, 1.165) is 0 Å². The first-order valence-corrected chi connectivity index (χ1v) is 36.6. The van der Waals surface area contributed by atoms with Crippen LogP contribution in [0.2, 0.25) is 0 Å². The number of amides is 13. The van der Waals surface area contributed by atoms with Crippen LogP contribution >= 0.6 is 0 Å². The number of benzene rings is 1. The van der Waals surface area contributed by atoms with Crippen molar-refractivity contribution < 1.29 is 77.3 Å². The van der Waals surface area contributed by atoms with Crippen molar-refractivity contribution in [2.75, 3.05) is 59.0 Å². The average molecular weight is 1490 g/mol. The van der Waals surface area contributed by atoms with Gasteiger partial charge in [0, 0.05) is 45.6 Å². The maximum absolute atomic E-state index is 14.6. The lowest BCUT2D eigenvalue weighted by Crippen LogP contribution is -2.61. The largest absolute Gasteiger partial charge is 0.480 e. The van der Waals surface area contributed by atoms with Gasteiger partial charge in [-0.2, -0.15) is 0 Å². The van der Waals surface area contributed by atoms with Crippen molar-refractivity contribution in [3.05, 3.63) is 48.0 Å². The molecule has 0 unspecified atom stereocenters. The highest BCUT2D eigenvalue weighted by molar-refractivity contribution is 6.00. The molecule has 24 N–H and O–H groups in total. The number of aliphatic hydroxyl groups is 1. The fraction of sp³-hybridized carbons (Fsp3) is 0.652. The smallest absolute Gasteiger partial charge is 0.326 e. The number of unbranched alkanes of at least 4 members (excludes halogenated alkanes) is 2. The Morgan fingerprint density at radius 3 is 1.79 bits per heavy atom. The van der Waals surface area contributed by atoms with E-state index in [4.69, 9.17) is 28.7 Å². The maximum Gasteiger partial charge on any atom is 0.326 e. The van der Waals surface area contributed by atoms with E-state index in [-0.39, 0.29) is 159 Å². The zero-order valence-corrected chi connectivity index (χ0v) is 60.8. The molecule has 13 amide bonds. The molecule has 4 aliphatic heterocycles. The lowest BCUT2D eigenvalue weighted by Gasteiger charge is -2.31. The second kappa shape index (κ2) is 45.4. The summed E-state index contributed by atoms with van der Waals surface area (Å²) in [5.41, 5.74) is 28.7. The number of carboxylic acid groups (broad SMARTS) is 1. The third kappa shape index (κ3) is 29.1. The van der Waals surface area contributed by atoms with E-state index in [9.17, 15) is 77.3 Å². The van der Waals surface area contributed by atoms with Crippen molar-refractivity contribution in [1.82, 2.24) is 73.6 Å². The van der Waals surface area contributed by atoms with Gasteiger partial charge in [-0.25, -0.2) is 4.79 Å². The first kappa shape index (κ1) is 86.6. The number of aliphatic hydroxyl groups excluding tert-OH is 1. The van der Waals surface area contributed by atoms with Gasteiger partial charge in [0.05, 0.1) is 13.2 Å². The highest BCUT2D eigenvalue weighted by Crippen LogP contribution is 2.23. The number of guanidine groups is 2. The highest BCUT2D eigenvalue weighted by Gasteiger charge is 2.42. The van der Waals surface area contributed by atoms with E-state index in [0.29, 0.717) is 44.1 Å². The predicted molar refractivity (Wildman–Crippen MR) is 389 cm³/mol. The molecule has 5 rings (SSSR count). The van der Waals surface area contributed by atoms with E-state index >= 15 is 0 Å². The molecule has 0 bridgehead atoms. The standard InChI is InChI=1S/C69H111N21O16/c1-4-5-19-48(66(104)90-35-16-25-53(90)65(103)87-50(67(105)106)37-41-17-7-6-8-18-41)85-64(102)52-24-15-34-89(52)55(93)38-78-56(94)42(20-9-11-29-70)80-61(99)47-28-33-75-30-12-10-21-43(81-58(96)44(22-13-31-76-68(71)72)83-60(98)46-26-27-54(92)79-46)57(95)82-45(23-14-32-77-69(73)74)59(97)86-49(36-40(2)3)62(100)88-51(39-91)63(101)84-47/h6-8,10,12,17-18,40,42-53,75,91H,4-5,9,11,13-16,19-39,70H2,1-3H3,(H,78,94)(H,79,92)(H,80,99)(H,81,96)(H,82,95)(H,83,98)(H,84,101)(H,85,102)(H,86,97)(H,87,103)(H,88,100)(H,105,106)(H4,71,72,76)(H4,73,74,77)/b12-10+/t42-,43-,44-,45-,46-,47-,48-,49-,50-,51-,52-,53-/m0/s1. The normalized spacial score (nSPS) is 22.6. The summed E-state index contributed by atoms with van der Waals surface area (Å²) in [7, 11) is 0. The van der Waals surface area contributed by atoms with Gasteiger partial charge in [-0.1, -0.05) is 76.1 Å². The van der Waals surface area contributed by atoms with E-state index in [2.05, 4.69) is 73.8 Å². The summed E-state index contributed by atoms with van der Waals surface area (Å²) >= 11 is 0. The predicted octanol–water partition coefficient (Wildman–Crippen LogP) is -5.54. The van der Waals surface area contributed by atoms with E-state index in [1.54, 1.807) is 50.3 Å². The molecule has 37 heteroatoms. The van der Waals surface area contributed by atoms with Crippen LogP contribution in [0.25, 0.3) is 0 Å². The number of aliphatic imine (C=N–C) groups is 2. The molecule has 3 fully saturated rings. The quantitative estimate of drug-likeness (QED) is 0.0130. The Hall–Kier alpha value is -10.0. The fourth-order valence-corrected chi connectivity index (χ4v) is 12.6. The highest BCUT2D eigenvalue weighted by atomic mass is 16.4. The van der Waals surface area contributed by atoms with Gasteiger partial charge in [-0.3, -0.25) is 72.3 Å². The van der Waals surface area contributed by atoms with Crippen LogP contribution in [0.4, 0.5) is 0 Å². The average Bonchev–Trinajstić information content (AvgIpc) is 1.64. The van der Waals surface area contributed by atoms with Gasteiger partial charge in [0.2, 0.25) is 76.8 Å². The fourth-order valence-electron chi connectivity index (χ4n) is 12.6. The molecule has 0 aliphatic carbocycles. The van der Waals surface area contributed by atoms with Crippen molar-refractivity contribution in [3.63, 3.8) is 0 Å². The Balaban J connectivity index is 1.35. The molecule has 4 aliphatic rings. The Labute approximate surface area is 616 Å². The van der Waals surface area contributed by atoms with Crippen LogP contribution in [0.5, 0.6) is 0 Å². The maximum atomic E-state index is 14.6. The third-order valence-electron chi connectivity index (χ3n) is 18.4. The summed E-state index contributed by atoms with van der Waals surface area (Å²) in [4.78, 5) is 205. The summed E-state index contributed by atoms with van der Waals surface area (Å²) < 4.78 is 0. The summed E-state index contributed by atoms with van der Waals surface area (Å²) in [5.74, 6) is -11.7. The molecule has 0 radical (unpaired) electrons. The van der Waals surface area contributed by atoms with Crippen LogP contribution in [-0.2, 0) is 73.5 Å². The number of carbonyl (C=O) groups excluding carboxylic acids is 13. The second-order valence-electron chi connectivity index (χ2n) is 27.2. The Kier molecular flexibility index (Phi) is 37.1. The molecule has 0 saturated carbocycles. The lowest BCUT2D eigenvalue weighted by atomic mass is 10.0. The van der Waals surface area contributed by atoms with E-state index in [1.165, 1.54) is 15.9 Å². The van der Waals surface area contributed by atoms with Gasteiger partial charge in [0.15, 0.2) is 11.9 Å². The number of rotatable bonds is 35. The summed E-state index contributed by atoms with van der Waals surface area (Å²) in [5, 5.41) is 52.8. The van der Waals surface area contributed by atoms with Crippen molar-refractivity contribution in [2.45, 2.75) is 222 Å². The number of carbonyl (C=O) groups is 14. The van der Waals surface area contributed by atoms with Crippen LogP contribution in [0.3, 0.4) is 0 Å². The van der Waals surface area contributed by atoms with Gasteiger partial charge < -0.3 is 112 Å². The van der Waals surface area contributed by atoms with Crippen LogP contribution in [0, 0.1) is 5.92 Å². The zero-order valence-electron chi connectivity index (χ0n) is 60.8. The first-order valence-electron chi connectivity index (χ1n) is 36.6. The second-order valence-corrected chi connectivity index (χ2v) is 27.2. The molecule has 588 valence electrons. The van der Waals surface area contributed by atoms with E-state index < -0.39 is 163 Å². The van der Waals surface area contributed by atoms with Crippen molar-refractivity contribution >= 4 is 94.7 Å². The van der Waals surface area contributed by atoms with Crippen LogP contribution in [-0.4, -0.2) is 246 Å². The summed E-state index contributed by atoms with van der Waals surface area (Å²) in [6, 6.07) is -6.73. The SMILES string of the molecule is CCCC[C@H](NC(=O)[C@@H]1CCCN1C(=O)CNC(=O)[C@H](CCCCN)NC(=O)[C@@H]1CCNC/C=C/C[C@H](NC(=O)[C@H](CCCN=C(N)N)NC(=O)[C@@H]2CCC(=O)N2)C(=O)N[C@@H](CCCN=C(N)N)C(=O)N[C@@H](CC(C)C)C(=O)N[C@@H](CO)C(=O)N1)C(=O)N1CCC[C@H]1C(=O)N[C@@H](Cc1ccccc1)C(=O)O. The minimum Gasteiger partial charge on any atom is -0.480 e. The Morgan fingerprint density at radius 1 is 0.613 bits per heavy atom. The van der Waals surface area contributed by atoms with Gasteiger partial charge in [-0.15, -0.1) is 0 Å². The molecular formula is C69H111N21O16. The van der Waals surface area contributed by atoms with Crippen molar-refractivity contribution in [2.24, 2.45) is 44.6 Å². The minimum absolute atomic E-state index is 0.00775. The van der Waals surface area contributed by atoms with Crippen LogP contribution in [0.15, 0.2) is 52.5 Å². The summed E-state index contributed by atoms with van der Waals surface area (Å²) in [6.45, 7) is 4.36. The third-order valence-corrected chi connectivity index (χ3v) is 18.4. The number of nitrogens with zero attached hydrogens (tertiary/aromatic N) is 4. The topological polar surface area (TPSA) is 585 Å². The summed E-state index contributed by atoms with van der Waals surface area (Å²) in [6.07, 6.45) is 6.47. The molecule has 3 saturated heterocycles. The molecule has 0 aromatic heterocycles. The molecular weight excluding hydrogens is 1380 g/mol. The number of hydrogen-bond donors (Lipinski definition) is 19. The first-order chi connectivity index (χ1) is 50.6. The number of aliphatic carboxylic acids is 1. The van der Waals surface area contributed by atoms with Crippen molar-refractivity contribution in [3.8, 4) is 0 Å². The molecule has 1 aromatic carbocycles. The number of hydrogen-bond acceptors (Lipinski definition) is 19. The van der Waals surface area contributed by atoms with Crippen LogP contribution in [0.1, 0.15) is 148 Å². The molecule has 37 nitrogen and oxygen atoms in total. The van der Waals surface area contributed by atoms with Crippen molar-refractivity contribution in [1.29, 1.82) is 0 Å². The van der Waals surface area contributed by atoms with Gasteiger partial charge in [0.1, 0.15) is 72.5 Å². The van der Waals surface area contributed by atoms with Crippen LogP contribution < -0.4 is 92.5 Å². The molecule has 0 spiro atoms. The number of likely N-dealkylation sites (tertiary alicyclic amines) is 2. The monoisotopic (exact) mass is 1490 g/mol. The number of nitrogens with one attached hydrogen (secondary N) is 12. The Bertz CT molecular complexity index is 3260. The van der Waals surface area contributed by atoms with Gasteiger partial charge in [-0.05, 0) is 127 Å². The Morgan fingerprint density at radius 2 is 1.18 bits per heavy atom.